The number of esters is 1. The van der Waals surface area contributed by atoms with Gasteiger partial charge in [0.2, 0.25) is 0 Å². The molecule has 0 atom stereocenters. The second kappa shape index (κ2) is 7.46. The van der Waals surface area contributed by atoms with Crippen LogP contribution in [0, 0.1) is 0 Å². The summed E-state index contributed by atoms with van der Waals surface area (Å²) in [6.07, 6.45) is 5.25. The van der Waals surface area contributed by atoms with Crippen LogP contribution >= 0.6 is 22.9 Å². The van der Waals surface area contributed by atoms with E-state index in [4.69, 9.17) is 16.3 Å². The molecule has 2 heterocycles. The van der Waals surface area contributed by atoms with Crippen molar-refractivity contribution < 1.29 is 9.53 Å². The number of carbonyl (C=O) groups excluding carboxylic acids is 1. The molecule has 0 saturated heterocycles. The van der Waals surface area contributed by atoms with Crippen LogP contribution in [0.5, 0.6) is 0 Å². The average Bonchev–Trinajstić information content (AvgIpc) is 3.24. The number of nitrogens with zero attached hydrogens (tertiary/aromatic N) is 3. The number of aromatic nitrogens is 3. The summed E-state index contributed by atoms with van der Waals surface area (Å²) in [6.45, 7) is 2.62. The molecule has 0 aliphatic carbocycles. The van der Waals surface area contributed by atoms with Crippen LogP contribution < -0.4 is 5.32 Å². The molecule has 24 heavy (non-hydrogen) atoms. The monoisotopic (exact) mass is 362 g/mol. The molecule has 0 aliphatic rings. The van der Waals surface area contributed by atoms with Gasteiger partial charge in [0.05, 0.1) is 30.1 Å². The van der Waals surface area contributed by atoms with Crippen molar-refractivity contribution in [3.05, 3.63) is 57.8 Å². The molecule has 6 nitrogen and oxygen atoms in total. The first-order chi connectivity index (χ1) is 11.7. The minimum atomic E-state index is -0.366. The molecule has 0 unspecified atom stereocenters. The molecule has 3 aromatic rings. The Morgan fingerprint density at radius 2 is 2.33 bits per heavy atom. The topological polar surface area (TPSA) is 69.0 Å². The Morgan fingerprint density at radius 3 is 3.00 bits per heavy atom. The molecule has 1 N–H and O–H groups in total. The number of rotatable bonds is 6. The summed E-state index contributed by atoms with van der Waals surface area (Å²) < 4.78 is 7.34. The molecule has 3 rings (SSSR count). The van der Waals surface area contributed by atoms with Gasteiger partial charge in [-0.1, -0.05) is 11.6 Å². The van der Waals surface area contributed by atoms with Crippen LogP contribution in [0.15, 0.2) is 42.9 Å². The van der Waals surface area contributed by atoms with Gasteiger partial charge in [-0.05, 0) is 31.2 Å². The standard InChI is InChI=1S/C16H15ClN4O2S/c1-2-23-15(22)13-5-4-11(21-7-3-6-20-21)8-14(13)18-9-12-10-19-16(17)24-12/h3-8,10,18H,2,9H2,1H3. The van der Waals surface area contributed by atoms with Gasteiger partial charge in [0.1, 0.15) is 0 Å². The van der Waals surface area contributed by atoms with E-state index in [0.29, 0.717) is 28.9 Å². The second-order valence-electron chi connectivity index (χ2n) is 4.83. The van der Waals surface area contributed by atoms with Gasteiger partial charge >= 0.3 is 5.97 Å². The lowest BCUT2D eigenvalue weighted by Gasteiger charge is -2.13. The van der Waals surface area contributed by atoms with Gasteiger partial charge in [0.15, 0.2) is 4.47 Å². The third-order valence-electron chi connectivity index (χ3n) is 3.25. The summed E-state index contributed by atoms with van der Waals surface area (Å²) in [7, 11) is 0. The molecule has 0 spiro atoms. The molecule has 0 saturated carbocycles. The normalized spacial score (nSPS) is 10.6. The first-order valence-electron chi connectivity index (χ1n) is 7.32. The van der Waals surface area contributed by atoms with E-state index in [9.17, 15) is 4.79 Å². The van der Waals surface area contributed by atoms with Crippen molar-refractivity contribution in [2.45, 2.75) is 13.5 Å². The Labute approximate surface area is 148 Å². The molecule has 0 fully saturated rings. The van der Waals surface area contributed by atoms with Gasteiger partial charge in [0.25, 0.3) is 0 Å². The molecule has 0 aliphatic heterocycles. The van der Waals surface area contributed by atoms with Crippen molar-refractivity contribution in [2.75, 3.05) is 11.9 Å². The number of benzene rings is 1. The number of halogens is 1. The molecule has 2 aromatic heterocycles. The fraction of sp³-hybridized carbons (Fsp3) is 0.188. The van der Waals surface area contributed by atoms with Crippen molar-refractivity contribution in [3.63, 3.8) is 0 Å². The maximum absolute atomic E-state index is 12.2. The van der Waals surface area contributed by atoms with Crippen molar-refractivity contribution in [2.24, 2.45) is 0 Å². The Bertz CT molecular complexity index is 832. The van der Waals surface area contributed by atoms with Crippen LogP contribution in [0.4, 0.5) is 5.69 Å². The van der Waals surface area contributed by atoms with Gasteiger partial charge in [-0.2, -0.15) is 5.10 Å². The van der Waals surface area contributed by atoms with Crippen molar-refractivity contribution in [1.82, 2.24) is 14.8 Å². The lowest BCUT2D eigenvalue weighted by Crippen LogP contribution is -2.10. The first kappa shape index (κ1) is 16.5. The molecule has 8 heteroatoms. The largest absolute Gasteiger partial charge is 0.462 e. The van der Waals surface area contributed by atoms with Gasteiger partial charge in [0, 0.05) is 23.5 Å². The van der Waals surface area contributed by atoms with Crippen molar-refractivity contribution in [3.8, 4) is 5.69 Å². The zero-order valence-electron chi connectivity index (χ0n) is 12.9. The van der Waals surface area contributed by atoms with Gasteiger partial charge < -0.3 is 10.1 Å². The fourth-order valence-electron chi connectivity index (χ4n) is 2.18. The van der Waals surface area contributed by atoms with Gasteiger partial charge in [-0.3, -0.25) is 0 Å². The smallest absolute Gasteiger partial charge is 0.340 e. The van der Waals surface area contributed by atoms with Gasteiger partial charge in [-0.15, -0.1) is 11.3 Å². The molecular formula is C16H15ClN4O2S. The number of ether oxygens (including phenoxy) is 1. The summed E-state index contributed by atoms with van der Waals surface area (Å²) >= 11 is 7.24. The Morgan fingerprint density at radius 1 is 1.46 bits per heavy atom. The maximum atomic E-state index is 12.2. The molecule has 124 valence electrons. The summed E-state index contributed by atoms with van der Waals surface area (Å²) in [4.78, 5) is 17.1. The lowest BCUT2D eigenvalue weighted by molar-refractivity contribution is 0.0527. The highest BCUT2D eigenvalue weighted by atomic mass is 35.5. The molecular weight excluding hydrogens is 348 g/mol. The van der Waals surface area contributed by atoms with E-state index in [0.717, 1.165) is 10.6 Å². The zero-order chi connectivity index (χ0) is 16.9. The van der Waals surface area contributed by atoms with Gasteiger partial charge in [-0.25, -0.2) is 14.5 Å². The zero-order valence-corrected chi connectivity index (χ0v) is 14.5. The highest BCUT2D eigenvalue weighted by molar-refractivity contribution is 7.15. The predicted octanol–water partition coefficient (Wildman–Crippen LogP) is 3.77. The molecule has 1 aromatic carbocycles. The predicted molar refractivity (Wildman–Crippen MR) is 94.0 cm³/mol. The number of nitrogens with one attached hydrogen (secondary N) is 1. The number of anilines is 1. The maximum Gasteiger partial charge on any atom is 0.340 e. The third kappa shape index (κ3) is 3.74. The van der Waals surface area contributed by atoms with E-state index in [1.165, 1.54) is 11.3 Å². The fourth-order valence-corrected chi connectivity index (χ4v) is 3.09. The quantitative estimate of drug-likeness (QED) is 0.676. The van der Waals surface area contributed by atoms with Crippen molar-refractivity contribution in [1.29, 1.82) is 0 Å². The number of hydrogen-bond acceptors (Lipinski definition) is 6. The van der Waals surface area contributed by atoms with E-state index in [1.807, 2.05) is 24.4 Å². The number of hydrogen-bond donors (Lipinski definition) is 1. The van der Waals surface area contributed by atoms with Crippen LogP contribution in [-0.4, -0.2) is 27.3 Å². The number of carbonyl (C=O) groups is 1. The Balaban J connectivity index is 1.89. The second-order valence-corrected chi connectivity index (χ2v) is 6.53. The Kier molecular flexibility index (Phi) is 5.12. The van der Waals surface area contributed by atoms with Crippen LogP contribution in [-0.2, 0) is 11.3 Å². The van der Waals surface area contributed by atoms with Crippen LogP contribution in [0.1, 0.15) is 22.2 Å². The SMILES string of the molecule is CCOC(=O)c1ccc(-n2cccn2)cc1NCc1cnc(Cl)s1. The van der Waals surface area contributed by atoms with E-state index in [2.05, 4.69) is 15.4 Å². The van der Waals surface area contributed by atoms with E-state index < -0.39 is 0 Å². The van der Waals surface area contributed by atoms with Crippen molar-refractivity contribution >= 4 is 34.6 Å². The number of thiazole rings is 1. The molecule has 0 amide bonds. The van der Waals surface area contributed by atoms with E-state index in [-0.39, 0.29) is 5.97 Å². The average molecular weight is 363 g/mol. The first-order valence-corrected chi connectivity index (χ1v) is 8.52. The lowest BCUT2D eigenvalue weighted by atomic mass is 10.1. The summed E-state index contributed by atoms with van der Waals surface area (Å²) in [6, 6.07) is 7.26. The summed E-state index contributed by atoms with van der Waals surface area (Å²) in [5.74, 6) is -0.366. The van der Waals surface area contributed by atoms with Crippen LogP contribution in [0.2, 0.25) is 4.47 Å². The van der Waals surface area contributed by atoms with Crippen LogP contribution in [0.3, 0.4) is 0 Å². The highest BCUT2D eigenvalue weighted by Gasteiger charge is 2.14. The third-order valence-corrected chi connectivity index (χ3v) is 4.36. The minimum absolute atomic E-state index is 0.323. The van der Waals surface area contributed by atoms with E-state index >= 15 is 0 Å². The summed E-state index contributed by atoms with van der Waals surface area (Å²) in [5.41, 5.74) is 1.99. The Hall–Kier alpha value is -2.38. The molecule has 0 bridgehead atoms. The summed E-state index contributed by atoms with van der Waals surface area (Å²) in [5, 5.41) is 7.46. The highest BCUT2D eigenvalue weighted by Crippen LogP contribution is 2.24. The molecule has 0 radical (unpaired) electrons. The van der Waals surface area contributed by atoms with Crippen LogP contribution in [0.25, 0.3) is 5.69 Å². The minimum Gasteiger partial charge on any atom is -0.462 e. The van der Waals surface area contributed by atoms with E-state index in [1.54, 1.807) is 30.1 Å².